The summed E-state index contributed by atoms with van der Waals surface area (Å²) in [4.78, 5) is 2.59. The van der Waals surface area contributed by atoms with Crippen LogP contribution >= 0.6 is 0 Å². The predicted octanol–water partition coefficient (Wildman–Crippen LogP) is 4.34. The molecule has 2 unspecified atom stereocenters. The van der Waals surface area contributed by atoms with Gasteiger partial charge in [0.25, 0.3) is 0 Å². The zero-order valence-electron chi connectivity index (χ0n) is 15.2. The van der Waals surface area contributed by atoms with Crippen molar-refractivity contribution in [3.63, 3.8) is 0 Å². The van der Waals surface area contributed by atoms with Gasteiger partial charge in [-0.05, 0) is 66.0 Å². The van der Waals surface area contributed by atoms with Gasteiger partial charge in [-0.1, -0.05) is 27.2 Å². The molecule has 0 amide bonds. The van der Waals surface area contributed by atoms with E-state index in [1.807, 2.05) is 0 Å². The van der Waals surface area contributed by atoms with Crippen molar-refractivity contribution in [3.05, 3.63) is 0 Å². The Bertz CT molecular complexity index is 295. The van der Waals surface area contributed by atoms with Crippen molar-refractivity contribution in [1.29, 1.82) is 5.26 Å². The van der Waals surface area contributed by atoms with Crippen LogP contribution < -0.4 is 5.32 Å². The van der Waals surface area contributed by atoms with Gasteiger partial charge in [-0.15, -0.1) is 0 Å². The monoisotopic (exact) mass is 295 g/mol. The van der Waals surface area contributed by atoms with E-state index in [2.05, 4.69) is 57.8 Å². The molecule has 0 aliphatic carbocycles. The Hall–Kier alpha value is -0.590. The maximum Gasteiger partial charge on any atom is 0.106 e. The van der Waals surface area contributed by atoms with Crippen LogP contribution in [-0.4, -0.2) is 35.6 Å². The van der Waals surface area contributed by atoms with Crippen LogP contribution in [0.3, 0.4) is 0 Å². The molecule has 3 heteroatoms. The van der Waals surface area contributed by atoms with Crippen LogP contribution in [0.1, 0.15) is 80.1 Å². The largest absolute Gasteiger partial charge is 0.301 e. The summed E-state index contributed by atoms with van der Waals surface area (Å²) in [5, 5.41) is 13.0. The fourth-order valence-electron chi connectivity index (χ4n) is 2.83. The van der Waals surface area contributed by atoms with Gasteiger partial charge in [0, 0.05) is 12.1 Å². The molecule has 0 aromatic carbocycles. The molecule has 0 aliphatic rings. The Morgan fingerprint density at radius 2 is 1.71 bits per heavy atom. The predicted molar refractivity (Wildman–Crippen MR) is 92.4 cm³/mol. The summed E-state index contributed by atoms with van der Waals surface area (Å²) in [5.41, 5.74) is -0.347. The van der Waals surface area contributed by atoms with Crippen molar-refractivity contribution in [2.24, 2.45) is 0 Å². The molecule has 0 aromatic rings. The molecule has 0 saturated heterocycles. The van der Waals surface area contributed by atoms with Crippen LogP contribution in [0, 0.1) is 11.3 Å². The molecule has 0 aliphatic heterocycles. The van der Waals surface area contributed by atoms with Gasteiger partial charge in [-0.25, -0.2) is 0 Å². The first kappa shape index (κ1) is 20.4. The van der Waals surface area contributed by atoms with E-state index >= 15 is 0 Å². The lowest BCUT2D eigenvalue weighted by Crippen LogP contribution is -2.47. The second-order valence-corrected chi connectivity index (χ2v) is 6.60. The quantitative estimate of drug-likeness (QED) is 0.582. The maximum atomic E-state index is 9.56. The number of hydrogen-bond acceptors (Lipinski definition) is 3. The van der Waals surface area contributed by atoms with Crippen LogP contribution in [0.2, 0.25) is 0 Å². The fourth-order valence-corrected chi connectivity index (χ4v) is 2.83. The van der Waals surface area contributed by atoms with Crippen LogP contribution in [0.25, 0.3) is 0 Å². The van der Waals surface area contributed by atoms with E-state index in [9.17, 15) is 5.26 Å². The van der Waals surface area contributed by atoms with Crippen molar-refractivity contribution in [1.82, 2.24) is 10.2 Å². The Balaban J connectivity index is 4.47. The van der Waals surface area contributed by atoms with Crippen LogP contribution in [0.5, 0.6) is 0 Å². The van der Waals surface area contributed by atoms with Crippen molar-refractivity contribution in [2.75, 3.05) is 13.1 Å². The van der Waals surface area contributed by atoms with E-state index < -0.39 is 0 Å². The Labute approximate surface area is 133 Å². The molecule has 0 rings (SSSR count). The van der Waals surface area contributed by atoms with Gasteiger partial charge in [0.05, 0.1) is 6.07 Å². The van der Waals surface area contributed by atoms with Gasteiger partial charge in [0.1, 0.15) is 5.54 Å². The molecular formula is C18H37N3. The molecule has 0 spiro atoms. The molecule has 0 fully saturated rings. The third-order valence-corrected chi connectivity index (χ3v) is 4.44. The van der Waals surface area contributed by atoms with Gasteiger partial charge in [0.2, 0.25) is 0 Å². The van der Waals surface area contributed by atoms with E-state index in [1.165, 1.54) is 25.8 Å². The van der Waals surface area contributed by atoms with E-state index in [0.29, 0.717) is 12.1 Å². The van der Waals surface area contributed by atoms with Gasteiger partial charge in [-0.2, -0.15) is 5.26 Å². The molecule has 0 heterocycles. The van der Waals surface area contributed by atoms with Gasteiger partial charge < -0.3 is 4.90 Å². The zero-order chi connectivity index (χ0) is 16.3. The summed E-state index contributed by atoms with van der Waals surface area (Å²) in [7, 11) is 0. The Morgan fingerprint density at radius 1 is 1.10 bits per heavy atom. The lowest BCUT2D eigenvalue weighted by molar-refractivity contribution is 0.189. The first-order valence-corrected chi connectivity index (χ1v) is 8.87. The molecule has 21 heavy (non-hydrogen) atoms. The minimum atomic E-state index is -0.347. The third kappa shape index (κ3) is 7.83. The number of unbranched alkanes of at least 4 members (excludes halogenated alkanes) is 1. The highest BCUT2D eigenvalue weighted by Gasteiger charge is 2.28. The fraction of sp³-hybridized carbons (Fsp3) is 0.944. The molecule has 2 atom stereocenters. The number of nitriles is 1. The van der Waals surface area contributed by atoms with Gasteiger partial charge in [0.15, 0.2) is 0 Å². The summed E-state index contributed by atoms with van der Waals surface area (Å²) >= 11 is 0. The van der Waals surface area contributed by atoms with Crippen LogP contribution in [-0.2, 0) is 0 Å². The lowest BCUT2D eigenvalue weighted by atomic mass is 9.91. The maximum absolute atomic E-state index is 9.56. The summed E-state index contributed by atoms with van der Waals surface area (Å²) in [6.07, 6.45) is 6.63. The average molecular weight is 296 g/mol. The smallest absolute Gasteiger partial charge is 0.106 e. The third-order valence-electron chi connectivity index (χ3n) is 4.44. The first-order chi connectivity index (χ1) is 9.94. The minimum absolute atomic E-state index is 0.347. The molecule has 124 valence electrons. The van der Waals surface area contributed by atoms with Crippen molar-refractivity contribution in [3.8, 4) is 6.07 Å². The molecule has 0 aromatic heterocycles. The molecule has 0 saturated carbocycles. The summed E-state index contributed by atoms with van der Waals surface area (Å²) < 4.78 is 0. The van der Waals surface area contributed by atoms with E-state index in [4.69, 9.17) is 0 Å². The van der Waals surface area contributed by atoms with Gasteiger partial charge in [-0.3, -0.25) is 5.32 Å². The zero-order valence-corrected chi connectivity index (χ0v) is 15.2. The molecular weight excluding hydrogens is 258 g/mol. The molecule has 3 nitrogen and oxygen atoms in total. The normalized spacial score (nSPS) is 16.0. The second kappa shape index (κ2) is 11.0. The molecule has 0 bridgehead atoms. The number of hydrogen-bond donors (Lipinski definition) is 1. The SMILES string of the molecule is CCCCN(CCCC(C#N)(CC)NC(C)C)C(C)CC. The number of nitrogens with zero attached hydrogens (tertiary/aromatic N) is 2. The van der Waals surface area contributed by atoms with Crippen LogP contribution in [0.15, 0.2) is 0 Å². The van der Waals surface area contributed by atoms with Crippen molar-refractivity contribution < 1.29 is 0 Å². The highest BCUT2D eigenvalue weighted by atomic mass is 15.1. The Morgan fingerprint density at radius 3 is 2.14 bits per heavy atom. The number of rotatable bonds is 12. The first-order valence-electron chi connectivity index (χ1n) is 8.87. The highest BCUT2D eigenvalue weighted by molar-refractivity contribution is 5.06. The average Bonchev–Trinajstić information content (AvgIpc) is 2.48. The van der Waals surface area contributed by atoms with Gasteiger partial charge >= 0.3 is 0 Å². The van der Waals surface area contributed by atoms with E-state index in [1.54, 1.807) is 0 Å². The van der Waals surface area contributed by atoms with E-state index in [-0.39, 0.29) is 5.54 Å². The highest BCUT2D eigenvalue weighted by Crippen LogP contribution is 2.19. The standard InChI is InChI=1S/C18H37N3/c1-7-10-13-21(17(6)8-2)14-11-12-18(9-3,15-19)20-16(4)5/h16-17,20H,7-14H2,1-6H3. The minimum Gasteiger partial charge on any atom is -0.301 e. The molecule has 0 radical (unpaired) electrons. The van der Waals surface area contributed by atoms with E-state index in [0.717, 1.165) is 25.8 Å². The molecule has 1 N–H and O–H groups in total. The summed E-state index contributed by atoms with van der Waals surface area (Å²) in [6.45, 7) is 15.5. The summed E-state index contributed by atoms with van der Waals surface area (Å²) in [6, 6.07) is 3.53. The van der Waals surface area contributed by atoms with Crippen LogP contribution in [0.4, 0.5) is 0 Å². The number of nitrogens with one attached hydrogen (secondary N) is 1. The lowest BCUT2D eigenvalue weighted by Gasteiger charge is -2.32. The van der Waals surface area contributed by atoms with Crippen molar-refractivity contribution in [2.45, 2.75) is 97.7 Å². The summed E-state index contributed by atoms with van der Waals surface area (Å²) in [5.74, 6) is 0. The Kier molecular flexibility index (Phi) is 10.7. The topological polar surface area (TPSA) is 39.1 Å². The second-order valence-electron chi connectivity index (χ2n) is 6.60. The van der Waals surface area contributed by atoms with Crippen molar-refractivity contribution >= 4 is 0 Å².